The van der Waals surface area contributed by atoms with Crippen molar-refractivity contribution in [3.05, 3.63) is 78.0 Å². The molecule has 2 aromatic carbocycles. The van der Waals surface area contributed by atoms with Gasteiger partial charge in [0.2, 0.25) is 0 Å². The molecule has 2 aromatic rings. The van der Waals surface area contributed by atoms with E-state index in [1.807, 2.05) is 41.6 Å². The van der Waals surface area contributed by atoms with Crippen molar-refractivity contribution < 1.29 is 19.0 Å². The number of halogens is 3. The molecule has 0 aliphatic carbocycles. The molecule has 2 aliphatic heterocycles. The molecule has 0 amide bonds. The van der Waals surface area contributed by atoms with Crippen LogP contribution in [0.2, 0.25) is 10.0 Å². The Hall–Kier alpha value is -1.88. The second kappa shape index (κ2) is 10.8. The number of rotatable bonds is 7. The number of benzene rings is 2. The highest BCUT2D eigenvalue weighted by Crippen LogP contribution is 2.44. The average molecular weight is 631 g/mol. The van der Waals surface area contributed by atoms with E-state index in [0.29, 0.717) is 32.8 Å². The molecule has 0 saturated heterocycles. The van der Waals surface area contributed by atoms with E-state index < -0.39 is 6.04 Å². The van der Waals surface area contributed by atoms with Crippen LogP contribution >= 0.6 is 57.6 Å². The lowest BCUT2D eigenvalue weighted by Crippen LogP contribution is -2.34. The summed E-state index contributed by atoms with van der Waals surface area (Å²) in [6, 6.07) is 8.75. The molecule has 2 heterocycles. The Bertz CT molecular complexity index is 1230. The van der Waals surface area contributed by atoms with Crippen molar-refractivity contribution in [3.63, 3.8) is 0 Å². The quantitative estimate of drug-likeness (QED) is 0.244. The van der Waals surface area contributed by atoms with Crippen LogP contribution in [0.5, 0.6) is 11.5 Å². The molecule has 0 aromatic heterocycles. The Morgan fingerprint density at radius 3 is 2.76 bits per heavy atom. The van der Waals surface area contributed by atoms with E-state index in [1.165, 1.54) is 11.8 Å². The molecule has 1 atom stereocenters. The lowest BCUT2D eigenvalue weighted by molar-refractivity contribution is -0.139. The fourth-order valence-electron chi connectivity index (χ4n) is 3.72. The smallest absolute Gasteiger partial charge is 0.338 e. The molecule has 4 rings (SSSR count). The Kier molecular flexibility index (Phi) is 8.01. The van der Waals surface area contributed by atoms with E-state index in [2.05, 4.69) is 27.6 Å². The number of aliphatic imine (C=N–C) groups is 1. The number of hydrogen-bond acceptors (Lipinski definition) is 7. The van der Waals surface area contributed by atoms with Gasteiger partial charge in [0.25, 0.3) is 0 Å². The molecule has 2 aliphatic rings. The molecule has 0 fully saturated rings. The van der Waals surface area contributed by atoms with Gasteiger partial charge in [-0.15, -0.1) is 0 Å². The lowest BCUT2D eigenvalue weighted by atomic mass is 9.94. The second-order valence-electron chi connectivity index (χ2n) is 7.39. The number of carbonyl (C=O) groups excluding carboxylic acids is 1. The van der Waals surface area contributed by atoms with Crippen LogP contribution in [0.1, 0.15) is 31.0 Å². The normalized spacial score (nSPS) is 16.9. The maximum atomic E-state index is 12.9. The first kappa shape index (κ1) is 25.2. The number of nitrogens with zero attached hydrogens (tertiary/aromatic N) is 2. The molecule has 10 heteroatoms. The Labute approximate surface area is 226 Å². The SMILES string of the molecule is CCOC(=O)C1=C(C)N=C2SC=CN2[C@H]1c1cc(I)c(OCc2ccc(Cl)cc2Cl)c(OC)c1. The summed E-state index contributed by atoms with van der Waals surface area (Å²) in [5, 5.41) is 3.85. The predicted molar refractivity (Wildman–Crippen MR) is 145 cm³/mol. The first-order valence-electron chi connectivity index (χ1n) is 10.4. The van der Waals surface area contributed by atoms with Crippen molar-refractivity contribution in [3.8, 4) is 11.5 Å². The molecule has 0 unspecified atom stereocenters. The largest absolute Gasteiger partial charge is 0.493 e. The maximum absolute atomic E-state index is 12.9. The van der Waals surface area contributed by atoms with Crippen LogP contribution < -0.4 is 9.47 Å². The number of thioether (sulfide) groups is 1. The summed E-state index contributed by atoms with van der Waals surface area (Å²) < 4.78 is 18.0. The molecule has 0 bridgehead atoms. The molecule has 0 radical (unpaired) electrons. The third kappa shape index (κ3) is 5.05. The minimum atomic E-state index is -0.403. The standard InChI is InChI=1S/C24H21Cl2IN2O4S/c1-4-32-23(30)20-13(2)28-24-29(7-8-34-24)21(20)15-9-18(27)22(19(10-15)31-3)33-12-14-5-6-16(25)11-17(14)26/h5-11,21H,4,12H2,1-3H3/t21-/m0/s1. The molecule has 34 heavy (non-hydrogen) atoms. The highest BCUT2D eigenvalue weighted by atomic mass is 127. The Morgan fingerprint density at radius 2 is 2.06 bits per heavy atom. The van der Waals surface area contributed by atoms with Crippen molar-refractivity contribution in [2.24, 2.45) is 4.99 Å². The van der Waals surface area contributed by atoms with E-state index in [-0.39, 0.29) is 19.2 Å². The van der Waals surface area contributed by atoms with Gasteiger partial charge in [0.1, 0.15) is 6.61 Å². The van der Waals surface area contributed by atoms with Crippen LogP contribution in [0.25, 0.3) is 0 Å². The zero-order valence-electron chi connectivity index (χ0n) is 18.6. The molecule has 0 saturated carbocycles. The topological polar surface area (TPSA) is 60.4 Å². The molecular weight excluding hydrogens is 610 g/mol. The molecule has 178 valence electrons. The third-order valence-electron chi connectivity index (χ3n) is 5.27. The van der Waals surface area contributed by atoms with Crippen molar-refractivity contribution in [2.45, 2.75) is 26.5 Å². The molecule has 0 spiro atoms. The summed E-state index contributed by atoms with van der Waals surface area (Å²) in [6.07, 6.45) is 1.92. The van der Waals surface area contributed by atoms with Crippen molar-refractivity contribution in [2.75, 3.05) is 13.7 Å². The van der Waals surface area contributed by atoms with Crippen molar-refractivity contribution >= 4 is 68.7 Å². The number of allylic oxidation sites excluding steroid dienone is 1. The van der Waals surface area contributed by atoms with Gasteiger partial charge in [-0.2, -0.15) is 0 Å². The number of esters is 1. The molecular formula is C24H21Cl2IN2O4S. The first-order chi connectivity index (χ1) is 16.3. The number of amidine groups is 1. The van der Waals surface area contributed by atoms with Crippen LogP contribution in [0.3, 0.4) is 0 Å². The fraction of sp³-hybridized carbons (Fsp3) is 0.250. The lowest BCUT2D eigenvalue weighted by Gasteiger charge is -2.33. The van der Waals surface area contributed by atoms with E-state index >= 15 is 0 Å². The highest BCUT2D eigenvalue weighted by molar-refractivity contribution is 14.1. The summed E-state index contributed by atoms with van der Waals surface area (Å²) in [6.45, 7) is 4.15. The summed E-state index contributed by atoms with van der Waals surface area (Å²) in [5.74, 6) is 0.754. The minimum absolute atomic E-state index is 0.251. The number of methoxy groups -OCH3 is 1. The molecule has 6 nitrogen and oxygen atoms in total. The molecule has 0 N–H and O–H groups in total. The average Bonchev–Trinajstić information content (AvgIpc) is 3.26. The van der Waals surface area contributed by atoms with Crippen LogP contribution in [-0.4, -0.2) is 29.8 Å². The van der Waals surface area contributed by atoms with Crippen molar-refractivity contribution in [1.82, 2.24) is 4.90 Å². The minimum Gasteiger partial charge on any atom is -0.493 e. The van der Waals surface area contributed by atoms with E-state index in [4.69, 9.17) is 37.4 Å². The first-order valence-corrected chi connectivity index (χ1v) is 13.1. The van der Waals surface area contributed by atoms with Crippen LogP contribution in [0, 0.1) is 3.57 Å². The second-order valence-corrected chi connectivity index (χ2v) is 10.3. The van der Waals surface area contributed by atoms with Crippen molar-refractivity contribution in [1.29, 1.82) is 0 Å². The number of ether oxygens (including phenoxy) is 3. The summed E-state index contributed by atoms with van der Waals surface area (Å²) >= 11 is 16.0. The highest BCUT2D eigenvalue weighted by Gasteiger charge is 2.38. The Morgan fingerprint density at radius 1 is 1.26 bits per heavy atom. The summed E-state index contributed by atoms with van der Waals surface area (Å²) in [4.78, 5) is 19.5. The predicted octanol–water partition coefficient (Wildman–Crippen LogP) is 6.95. The van der Waals surface area contributed by atoms with Gasteiger partial charge in [-0.25, -0.2) is 9.79 Å². The Balaban J connectivity index is 1.71. The zero-order valence-corrected chi connectivity index (χ0v) is 23.1. The van der Waals surface area contributed by atoms with E-state index in [9.17, 15) is 4.79 Å². The van der Waals surface area contributed by atoms with Crippen LogP contribution in [0.4, 0.5) is 0 Å². The van der Waals surface area contributed by atoms with Crippen LogP contribution in [0.15, 0.2) is 58.2 Å². The van der Waals surface area contributed by atoms with Gasteiger partial charge < -0.3 is 19.1 Å². The number of carbonyl (C=O) groups is 1. The summed E-state index contributed by atoms with van der Waals surface area (Å²) in [5.41, 5.74) is 2.80. The van der Waals surface area contributed by atoms with Gasteiger partial charge in [0.15, 0.2) is 16.7 Å². The van der Waals surface area contributed by atoms with E-state index in [0.717, 1.165) is 19.9 Å². The maximum Gasteiger partial charge on any atom is 0.338 e. The van der Waals surface area contributed by atoms with E-state index in [1.54, 1.807) is 26.2 Å². The van der Waals surface area contributed by atoms with Crippen LogP contribution in [-0.2, 0) is 16.1 Å². The van der Waals surface area contributed by atoms with Gasteiger partial charge >= 0.3 is 5.97 Å². The van der Waals surface area contributed by atoms with Gasteiger partial charge in [0.05, 0.1) is 34.6 Å². The van der Waals surface area contributed by atoms with Gasteiger partial charge in [-0.05, 0) is 71.7 Å². The van der Waals surface area contributed by atoms with Gasteiger partial charge in [-0.1, -0.05) is 41.0 Å². The summed E-state index contributed by atoms with van der Waals surface area (Å²) in [7, 11) is 1.59. The zero-order chi connectivity index (χ0) is 24.4. The van der Waals surface area contributed by atoms with Gasteiger partial charge in [0, 0.05) is 21.8 Å². The fourth-order valence-corrected chi connectivity index (χ4v) is 5.76. The van der Waals surface area contributed by atoms with Gasteiger partial charge in [-0.3, -0.25) is 0 Å². The number of hydrogen-bond donors (Lipinski definition) is 0. The number of fused-ring (bicyclic) bond motifs is 1. The monoisotopic (exact) mass is 630 g/mol. The third-order valence-corrected chi connectivity index (χ3v) is 7.43.